The van der Waals surface area contributed by atoms with Gasteiger partial charge in [-0.05, 0) is 99.2 Å². The van der Waals surface area contributed by atoms with E-state index in [1.165, 1.54) is 38.5 Å². The maximum atomic E-state index is 12.6. The summed E-state index contributed by atoms with van der Waals surface area (Å²) in [6.45, 7) is 9.11. The van der Waals surface area contributed by atoms with Crippen LogP contribution >= 0.6 is 0 Å². The van der Waals surface area contributed by atoms with Crippen LogP contribution in [0.1, 0.15) is 91.9 Å². The van der Waals surface area contributed by atoms with Crippen molar-refractivity contribution in [3.8, 4) is 0 Å². The van der Waals surface area contributed by atoms with Gasteiger partial charge in [-0.15, -0.1) is 0 Å². The van der Waals surface area contributed by atoms with Crippen molar-refractivity contribution in [1.29, 1.82) is 0 Å². The molecule has 1 N–H and O–H groups in total. The molecule has 2 nitrogen and oxygen atoms in total. The highest BCUT2D eigenvalue weighted by Gasteiger charge is 2.61. The Hall–Kier alpha value is -0.370. The highest BCUT2D eigenvalue weighted by molar-refractivity contribution is 5.81. The van der Waals surface area contributed by atoms with Gasteiger partial charge in [0.25, 0.3) is 0 Å². The van der Waals surface area contributed by atoms with E-state index >= 15 is 0 Å². The van der Waals surface area contributed by atoms with Crippen molar-refractivity contribution < 1.29 is 9.90 Å². The van der Waals surface area contributed by atoms with Crippen molar-refractivity contribution in [2.75, 3.05) is 0 Å². The molecule has 142 valence electrons. The molecule has 0 unspecified atom stereocenters. The van der Waals surface area contributed by atoms with Gasteiger partial charge in [-0.1, -0.05) is 20.8 Å². The molecule has 0 bridgehead atoms. The van der Waals surface area contributed by atoms with Gasteiger partial charge in [0.15, 0.2) is 0 Å². The summed E-state index contributed by atoms with van der Waals surface area (Å²) in [7, 11) is 0. The number of fused-ring (bicyclic) bond motifs is 5. The number of hydrogen-bond acceptors (Lipinski definition) is 2. The molecule has 0 aromatic carbocycles. The molecular formula is C23H38O2. The lowest BCUT2D eigenvalue weighted by Gasteiger charge is -2.61. The Kier molecular flexibility index (Phi) is 4.19. The maximum Gasteiger partial charge on any atom is 0.136 e. The molecule has 0 spiro atoms. The van der Waals surface area contributed by atoms with Crippen molar-refractivity contribution in [2.45, 2.75) is 97.5 Å². The smallest absolute Gasteiger partial charge is 0.136 e. The van der Waals surface area contributed by atoms with Gasteiger partial charge in [-0.25, -0.2) is 0 Å². The number of hydrogen-bond donors (Lipinski definition) is 1. The van der Waals surface area contributed by atoms with Crippen LogP contribution in [0.15, 0.2) is 0 Å². The molecule has 4 fully saturated rings. The lowest BCUT2D eigenvalue weighted by Crippen LogP contribution is -2.55. The van der Waals surface area contributed by atoms with Gasteiger partial charge in [-0.3, -0.25) is 4.79 Å². The van der Waals surface area contributed by atoms with Crippen LogP contribution in [0.5, 0.6) is 0 Å². The summed E-state index contributed by atoms with van der Waals surface area (Å²) in [6, 6.07) is 0. The Bertz CT molecular complexity index is 552. The van der Waals surface area contributed by atoms with Crippen molar-refractivity contribution in [3.05, 3.63) is 0 Å². The summed E-state index contributed by atoms with van der Waals surface area (Å²) in [6.07, 6.45) is 11.5. The number of carbonyl (C=O) groups is 1. The Morgan fingerprint density at radius 3 is 2.36 bits per heavy atom. The molecule has 4 aliphatic rings. The van der Waals surface area contributed by atoms with Gasteiger partial charge in [0.1, 0.15) is 5.78 Å². The topological polar surface area (TPSA) is 37.3 Å². The third-order valence-electron chi connectivity index (χ3n) is 9.69. The molecule has 4 saturated carbocycles. The Balaban J connectivity index is 1.59. The molecule has 0 saturated heterocycles. The first kappa shape index (κ1) is 18.0. The fourth-order valence-corrected chi connectivity index (χ4v) is 8.21. The minimum atomic E-state index is -0.438. The monoisotopic (exact) mass is 346 g/mol. The average molecular weight is 347 g/mol. The standard InChI is InChI=1S/C23H38O2/c1-5-20(24)19-9-8-17-16-7-6-15-14-21(2,25)12-13-22(15,3)18(16)10-11-23(17,19)4/h15-19,25H,5-14H2,1-4H3/t15-,16-,17-,18-,19+,21+,22-,23-/m0/s1. The zero-order valence-electron chi connectivity index (χ0n) is 16.8. The van der Waals surface area contributed by atoms with E-state index in [0.717, 1.165) is 43.4 Å². The van der Waals surface area contributed by atoms with Crippen LogP contribution in [0.4, 0.5) is 0 Å². The van der Waals surface area contributed by atoms with Crippen molar-refractivity contribution in [1.82, 2.24) is 0 Å². The van der Waals surface area contributed by atoms with Crippen molar-refractivity contribution in [2.24, 2.45) is 40.4 Å². The first-order chi connectivity index (χ1) is 11.7. The van der Waals surface area contributed by atoms with Crippen LogP contribution in [0, 0.1) is 40.4 Å². The fraction of sp³-hybridized carbons (Fsp3) is 0.957. The van der Waals surface area contributed by atoms with Crippen LogP contribution < -0.4 is 0 Å². The predicted molar refractivity (Wildman–Crippen MR) is 101 cm³/mol. The predicted octanol–water partition coefficient (Wildman–Crippen LogP) is 5.38. The average Bonchev–Trinajstić information content (AvgIpc) is 2.92. The summed E-state index contributed by atoms with van der Waals surface area (Å²) >= 11 is 0. The number of carbonyl (C=O) groups excluding carboxylic acids is 1. The highest BCUT2D eigenvalue weighted by Crippen LogP contribution is 2.68. The molecule has 2 heteroatoms. The van der Waals surface area contributed by atoms with E-state index in [4.69, 9.17) is 0 Å². The molecule has 4 aliphatic carbocycles. The van der Waals surface area contributed by atoms with Crippen molar-refractivity contribution >= 4 is 5.78 Å². The van der Waals surface area contributed by atoms with Gasteiger partial charge in [-0.2, -0.15) is 0 Å². The van der Waals surface area contributed by atoms with E-state index in [2.05, 4.69) is 20.8 Å². The van der Waals surface area contributed by atoms with Gasteiger partial charge in [0, 0.05) is 12.3 Å². The van der Waals surface area contributed by atoms with Gasteiger partial charge in [0.2, 0.25) is 0 Å². The highest BCUT2D eigenvalue weighted by atomic mass is 16.3. The summed E-state index contributed by atoms with van der Waals surface area (Å²) in [4.78, 5) is 12.6. The first-order valence-corrected chi connectivity index (χ1v) is 11.0. The second-order valence-electron chi connectivity index (χ2n) is 10.9. The van der Waals surface area contributed by atoms with Crippen LogP contribution in [-0.4, -0.2) is 16.5 Å². The minimum Gasteiger partial charge on any atom is -0.390 e. The second kappa shape index (κ2) is 5.81. The van der Waals surface area contributed by atoms with E-state index in [1.54, 1.807) is 0 Å². The van der Waals surface area contributed by atoms with E-state index < -0.39 is 5.60 Å². The van der Waals surface area contributed by atoms with Crippen LogP contribution in [0.2, 0.25) is 0 Å². The van der Waals surface area contributed by atoms with E-state index in [-0.39, 0.29) is 5.41 Å². The molecule has 0 radical (unpaired) electrons. The van der Waals surface area contributed by atoms with Crippen molar-refractivity contribution in [3.63, 3.8) is 0 Å². The molecule has 0 heterocycles. The minimum absolute atomic E-state index is 0.275. The lowest BCUT2D eigenvalue weighted by atomic mass is 9.44. The lowest BCUT2D eigenvalue weighted by molar-refractivity contribution is -0.150. The SMILES string of the molecule is CCC(=O)[C@H]1CC[C@H]2[C@@H]3CC[C@H]4C[C@](C)(O)CC[C@]4(C)[C@H]3CC[C@]12C. The van der Waals surface area contributed by atoms with E-state index in [1.807, 2.05) is 6.92 Å². The van der Waals surface area contributed by atoms with Gasteiger partial charge >= 0.3 is 0 Å². The second-order valence-corrected chi connectivity index (χ2v) is 10.9. The number of Topliss-reactive ketones (excluding diaryl/α,β-unsaturated/α-hetero) is 1. The number of ketones is 1. The zero-order valence-corrected chi connectivity index (χ0v) is 16.8. The maximum absolute atomic E-state index is 12.6. The quantitative estimate of drug-likeness (QED) is 0.729. The normalized spacial score (nSPS) is 55.2. The zero-order chi connectivity index (χ0) is 18.0. The molecule has 25 heavy (non-hydrogen) atoms. The molecular weight excluding hydrogens is 308 g/mol. The van der Waals surface area contributed by atoms with Crippen LogP contribution in [0.3, 0.4) is 0 Å². The molecule has 0 amide bonds. The fourth-order valence-electron chi connectivity index (χ4n) is 8.21. The summed E-state index contributed by atoms with van der Waals surface area (Å²) in [5, 5.41) is 10.6. The van der Waals surface area contributed by atoms with Gasteiger partial charge < -0.3 is 5.11 Å². The Morgan fingerprint density at radius 1 is 0.920 bits per heavy atom. The molecule has 0 aliphatic heterocycles. The first-order valence-electron chi connectivity index (χ1n) is 11.0. The molecule has 0 aromatic rings. The molecule has 4 rings (SSSR count). The third kappa shape index (κ3) is 2.57. The summed E-state index contributed by atoms with van der Waals surface area (Å²) in [5.74, 6) is 4.00. The molecule has 0 aromatic heterocycles. The van der Waals surface area contributed by atoms with E-state index in [0.29, 0.717) is 23.0 Å². The third-order valence-corrected chi connectivity index (χ3v) is 9.69. The number of rotatable bonds is 2. The Labute approximate surface area is 154 Å². The summed E-state index contributed by atoms with van der Waals surface area (Å²) < 4.78 is 0. The Morgan fingerprint density at radius 2 is 1.64 bits per heavy atom. The number of aliphatic hydroxyl groups is 1. The van der Waals surface area contributed by atoms with Gasteiger partial charge in [0.05, 0.1) is 5.60 Å². The van der Waals surface area contributed by atoms with Crippen LogP contribution in [0.25, 0.3) is 0 Å². The van der Waals surface area contributed by atoms with Crippen LogP contribution in [-0.2, 0) is 4.79 Å². The summed E-state index contributed by atoms with van der Waals surface area (Å²) in [5.41, 5.74) is 0.267. The largest absolute Gasteiger partial charge is 0.390 e. The molecule has 8 atom stereocenters. The van der Waals surface area contributed by atoms with E-state index in [9.17, 15) is 9.90 Å².